The van der Waals surface area contributed by atoms with E-state index in [1.807, 2.05) is 12.1 Å². The third kappa shape index (κ3) is 4.22. The number of benzene rings is 2. The third-order valence-corrected chi connectivity index (χ3v) is 6.19. The molecule has 0 N–H and O–H groups in total. The van der Waals surface area contributed by atoms with Crippen molar-refractivity contribution in [2.75, 3.05) is 7.11 Å². The Bertz CT molecular complexity index is 912. The fraction of sp³-hybridized carbons (Fsp3) is 0.375. The first-order valence-electron chi connectivity index (χ1n) is 9.24. The third-order valence-electron chi connectivity index (χ3n) is 5.49. The molecule has 2 aromatic rings. The molecule has 2 aromatic carbocycles. The van der Waals surface area contributed by atoms with Gasteiger partial charge in [0.25, 0.3) is 0 Å². The van der Waals surface area contributed by atoms with Crippen LogP contribution in [0.4, 0.5) is 0 Å². The molecule has 27 heavy (non-hydrogen) atoms. The number of methoxy groups -OCH3 is 1. The van der Waals surface area contributed by atoms with Gasteiger partial charge in [-0.3, -0.25) is 0 Å². The summed E-state index contributed by atoms with van der Waals surface area (Å²) in [5.74, 6) is 2.83. The highest BCUT2D eigenvalue weighted by atomic mass is 32.2. The molecule has 2 nitrogen and oxygen atoms in total. The molecule has 3 rings (SSSR count). The van der Waals surface area contributed by atoms with Crippen LogP contribution in [0.3, 0.4) is 0 Å². The SMILES string of the molecule is COC(=O)c1ccc(C#CSc2ccc3c(c2)C(C)(C)CCC3(C)C)cc1. The summed E-state index contributed by atoms with van der Waals surface area (Å²) in [5, 5.41) is 3.19. The van der Waals surface area contributed by atoms with Crippen molar-refractivity contribution in [3.05, 3.63) is 64.7 Å². The summed E-state index contributed by atoms with van der Waals surface area (Å²) in [6.07, 6.45) is 2.43. The molecule has 140 valence electrons. The Morgan fingerprint density at radius 2 is 1.59 bits per heavy atom. The lowest BCUT2D eigenvalue weighted by Gasteiger charge is -2.42. The summed E-state index contributed by atoms with van der Waals surface area (Å²) in [6.45, 7) is 9.35. The molecule has 0 atom stereocenters. The zero-order valence-electron chi connectivity index (χ0n) is 16.7. The van der Waals surface area contributed by atoms with Gasteiger partial charge in [-0.15, -0.1) is 0 Å². The maximum Gasteiger partial charge on any atom is 0.337 e. The second-order valence-corrected chi connectivity index (χ2v) is 9.25. The number of rotatable bonds is 2. The van der Waals surface area contributed by atoms with E-state index < -0.39 is 0 Å². The molecular weight excluding hydrogens is 352 g/mol. The molecule has 0 radical (unpaired) electrons. The van der Waals surface area contributed by atoms with Gasteiger partial charge in [-0.05, 0) is 88.2 Å². The second kappa shape index (κ2) is 7.44. The minimum absolute atomic E-state index is 0.207. The highest BCUT2D eigenvalue weighted by Crippen LogP contribution is 2.46. The van der Waals surface area contributed by atoms with Gasteiger partial charge in [0.1, 0.15) is 0 Å². The lowest BCUT2D eigenvalue weighted by molar-refractivity contribution is 0.0600. The molecule has 1 aliphatic carbocycles. The Labute approximate surface area is 166 Å². The predicted molar refractivity (Wildman–Crippen MR) is 112 cm³/mol. The van der Waals surface area contributed by atoms with E-state index in [2.05, 4.69) is 57.1 Å². The van der Waals surface area contributed by atoms with Gasteiger partial charge in [0.05, 0.1) is 12.7 Å². The Morgan fingerprint density at radius 3 is 2.22 bits per heavy atom. The van der Waals surface area contributed by atoms with Gasteiger partial charge in [0.2, 0.25) is 0 Å². The van der Waals surface area contributed by atoms with Crippen LogP contribution in [-0.2, 0) is 15.6 Å². The Morgan fingerprint density at radius 1 is 0.963 bits per heavy atom. The fourth-order valence-electron chi connectivity index (χ4n) is 3.58. The number of hydrogen-bond donors (Lipinski definition) is 0. The van der Waals surface area contributed by atoms with Gasteiger partial charge >= 0.3 is 5.97 Å². The number of carbonyl (C=O) groups is 1. The molecular formula is C24H26O2S. The summed E-state index contributed by atoms with van der Waals surface area (Å²) in [4.78, 5) is 12.7. The molecule has 3 heteroatoms. The zero-order chi connectivity index (χ0) is 19.7. The highest BCUT2D eigenvalue weighted by molar-refractivity contribution is 8.04. The van der Waals surface area contributed by atoms with Crippen molar-refractivity contribution < 1.29 is 9.53 Å². The Hall–Kier alpha value is -2.18. The van der Waals surface area contributed by atoms with Crippen LogP contribution in [0.15, 0.2) is 47.4 Å². The summed E-state index contributed by atoms with van der Waals surface area (Å²) in [6, 6.07) is 14.0. The van der Waals surface area contributed by atoms with Crippen molar-refractivity contribution in [3.63, 3.8) is 0 Å². The molecule has 0 aliphatic heterocycles. The molecule has 0 aromatic heterocycles. The van der Waals surface area contributed by atoms with Gasteiger partial charge in [0, 0.05) is 10.5 Å². The minimum atomic E-state index is -0.330. The average Bonchev–Trinajstić information content (AvgIpc) is 2.65. The van der Waals surface area contributed by atoms with Crippen LogP contribution in [0.5, 0.6) is 0 Å². The van der Waals surface area contributed by atoms with Crippen molar-refractivity contribution in [1.82, 2.24) is 0 Å². The van der Waals surface area contributed by atoms with Crippen LogP contribution in [-0.4, -0.2) is 13.1 Å². The average molecular weight is 379 g/mol. The highest BCUT2D eigenvalue weighted by Gasteiger charge is 2.36. The summed E-state index contributed by atoms with van der Waals surface area (Å²) >= 11 is 1.55. The van der Waals surface area contributed by atoms with Crippen molar-refractivity contribution in [2.45, 2.75) is 56.3 Å². The van der Waals surface area contributed by atoms with Gasteiger partial charge in [0.15, 0.2) is 0 Å². The van der Waals surface area contributed by atoms with Gasteiger partial charge in [-0.1, -0.05) is 39.7 Å². The largest absolute Gasteiger partial charge is 0.465 e. The van der Waals surface area contributed by atoms with Gasteiger partial charge in [-0.25, -0.2) is 4.79 Å². The molecule has 0 heterocycles. The molecule has 0 spiro atoms. The number of esters is 1. The van der Waals surface area contributed by atoms with Crippen molar-refractivity contribution in [2.24, 2.45) is 0 Å². The fourth-order valence-corrected chi connectivity index (χ4v) is 4.18. The first-order valence-corrected chi connectivity index (χ1v) is 10.1. The summed E-state index contributed by atoms with van der Waals surface area (Å²) < 4.78 is 4.71. The van der Waals surface area contributed by atoms with Crippen LogP contribution in [0.1, 0.15) is 67.6 Å². The van der Waals surface area contributed by atoms with Crippen LogP contribution in [0.25, 0.3) is 0 Å². The minimum Gasteiger partial charge on any atom is -0.465 e. The Kier molecular flexibility index (Phi) is 5.40. The number of fused-ring (bicyclic) bond motifs is 1. The number of carbonyl (C=O) groups excluding carboxylic acids is 1. The van der Waals surface area contributed by atoms with E-state index in [4.69, 9.17) is 4.74 Å². The van der Waals surface area contributed by atoms with Crippen LogP contribution < -0.4 is 0 Å². The van der Waals surface area contributed by atoms with E-state index >= 15 is 0 Å². The topological polar surface area (TPSA) is 26.3 Å². The molecule has 0 amide bonds. The van der Waals surface area contributed by atoms with E-state index in [-0.39, 0.29) is 16.8 Å². The van der Waals surface area contributed by atoms with Gasteiger partial charge < -0.3 is 4.74 Å². The molecule has 1 aliphatic rings. The number of ether oxygens (including phenoxy) is 1. The zero-order valence-corrected chi connectivity index (χ0v) is 17.5. The van der Waals surface area contributed by atoms with E-state index in [1.165, 1.54) is 36.0 Å². The Balaban J connectivity index is 1.78. The molecule has 0 saturated carbocycles. The lowest BCUT2D eigenvalue weighted by Crippen LogP contribution is -2.33. The van der Waals surface area contributed by atoms with Crippen LogP contribution in [0, 0.1) is 11.2 Å². The predicted octanol–water partition coefficient (Wildman–Crippen LogP) is 5.92. The molecule has 0 fully saturated rings. The molecule has 0 bridgehead atoms. The van der Waals surface area contributed by atoms with E-state index in [1.54, 1.807) is 23.9 Å². The second-order valence-electron chi connectivity index (χ2n) is 8.37. The van der Waals surface area contributed by atoms with Gasteiger partial charge in [-0.2, -0.15) is 0 Å². The maximum absolute atomic E-state index is 11.5. The van der Waals surface area contributed by atoms with Crippen molar-refractivity contribution in [1.29, 1.82) is 0 Å². The first kappa shape index (κ1) is 19.6. The standard InChI is InChI=1S/C24H26O2S/c1-23(2)13-14-24(3,4)21-16-19(10-11-20(21)23)27-15-12-17-6-8-18(9-7-17)22(25)26-5/h6-11,16H,13-14H2,1-5H3. The molecule has 0 saturated heterocycles. The quantitative estimate of drug-likeness (QED) is 0.368. The first-order chi connectivity index (χ1) is 12.7. The van der Waals surface area contributed by atoms with E-state index in [0.29, 0.717) is 5.56 Å². The lowest BCUT2D eigenvalue weighted by atomic mass is 9.63. The summed E-state index contributed by atoms with van der Waals surface area (Å²) in [5.41, 5.74) is 4.78. The smallest absolute Gasteiger partial charge is 0.337 e. The maximum atomic E-state index is 11.5. The monoisotopic (exact) mass is 378 g/mol. The van der Waals surface area contributed by atoms with E-state index in [0.717, 1.165) is 5.56 Å². The van der Waals surface area contributed by atoms with Crippen LogP contribution >= 0.6 is 11.8 Å². The van der Waals surface area contributed by atoms with Crippen LogP contribution in [0.2, 0.25) is 0 Å². The number of hydrogen-bond acceptors (Lipinski definition) is 3. The normalized spacial score (nSPS) is 16.6. The molecule has 0 unspecified atom stereocenters. The van der Waals surface area contributed by atoms with Crippen molar-refractivity contribution >= 4 is 17.7 Å². The van der Waals surface area contributed by atoms with E-state index in [9.17, 15) is 4.79 Å². The number of thioether (sulfide) groups is 1. The summed E-state index contributed by atoms with van der Waals surface area (Å²) in [7, 11) is 1.38. The van der Waals surface area contributed by atoms with Crippen molar-refractivity contribution in [3.8, 4) is 11.2 Å².